The average molecular weight is 446 g/mol. The van der Waals surface area contributed by atoms with Gasteiger partial charge in [0.15, 0.2) is 5.78 Å². The van der Waals surface area contributed by atoms with Crippen molar-refractivity contribution < 1.29 is 51.3 Å². The number of cyclic esters (lactones) is 1. The second-order valence-corrected chi connectivity index (χ2v) is 7.42. The maximum Gasteiger partial charge on any atom is 0.432 e. The zero-order valence-electron chi connectivity index (χ0n) is 17.2. The number of halogens is 3. The second-order valence-electron chi connectivity index (χ2n) is 7.42. The number of benzene rings is 1. The highest BCUT2D eigenvalue weighted by Crippen LogP contribution is 2.44. The van der Waals surface area contributed by atoms with E-state index in [1.54, 1.807) is 0 Å². The van der Waals surface area contributed by atoms with Crippen molar-refractivity contribution in [1.29, 1.82) is 0 Å². The normalized spacial score (nSPS) is 22.4. The summed E-state index contributed by atoms with van der Waals surface area (Å²) in [5.74, 6) is -4.84. The molecule has 1 heterocycles. The number of esters is 3. The monoisotopic (exact) mass is 446 g/mol. The zero-order valence-corrected chi connectivity index (χ0v) is 17.2. The van der Waals surface area contributed by atoms with Crippen LogP contribution in [0.3, 0.4) is 0 Å². The lowest BCUT2D eigenvalue weighted by Crippen LogP contribution is -2.54. The van der Waals surface area contributed by atoms with E-state index in [0.29, 0.717) is 7.11 Å². The Hall–Kier alpha value is -2.95. The molecule has 8 nitrogen and oxygen atoms in total. The summed E-state index contributed by atoms with van der Waals surface area (Å²) in [5, 5.41) is 0. The molecule has 0 aliphatic carbocycles. The van der Waals surface area contributed by atoms with Gasteiger partial charge in [-0.1, -0.05) is 30.3 Å². The first-order valence-electron chi connectivity index (χ1n) is 8.98. The predicted molar refractivity (Wildman–Crippen MR) is 96.4 cm³/mol. The Bertz CT molecular complexity index is 880. The molecule has 11 heteroatoms. The number of alkyl halides is 3. The molecule has 1 aliphatic heterocycles. The van der Waals surface area contributed by atoms with E-state index in [0.717, 1.165) is 19.2 Å². The van der Waals surface area contributed by atoms with E-state index >= 15 is 0 Å². The number of rotatable bonds is 7. The van der Waals surface area contributed by atoms with Crippen LogP contribution in [0, 0.1) is 5.41 Å². The first-order chi connectivity index (χ1) is 14.3. The number of carbonyl (C=O) groups excluding carboxylic acids is 4. The quantitative estimate of drug-likeness (QED) is 0.356. The van der Waals surface area contributed by atoms with Crippen LogP contribution in [-0.2, 0) is 43.7 Å². The smallest absolute Gasteiger partial charge is 0.432 e. The van der Waals surface area contributed by atoms with Gasteiger partial charge in [-0.25, -0.2) is 4.79 Å². The summed E-state index contributed by atoms with van der Waals surface area (Å²) in [6, 6.07) is 6.02. The average Bonchev–Trinajstić information content (AvgIpc) is 2.87. The Morgan fingerprint density at radius 2 is 1.65 bits per heavy atom. The van der Waals surface area contributed by atoms with E-state index in [9.17, 15) is 32.3 Å². The Morgan fingerprint density at radius 3 is 2.06 bits per heavy atom. The highest BCUT2D eigenvalue weighted by molar-refractivity contribution is 6.13. The summed E-state index contributed by atoms with van der Waals surface area (Å²) in [6.07, 6.45) is -6.09. The molecule has 170 valence electrons. The van der Waals surface area contributed by atoms with Gasteiger partial charge in [0.2, 0.25) is 5.60 Å². The third kappa shape index (κ3) is 4.01. The van der Waals surface area contributed by atoms with Crippen molar-refractivity contribution in [3.63, 3.8) is 0 Å². The Balaban J connectivity index is 2.44. The van der Waals surface area contributed by atoms with Gasteiger partial charge in [0.05, 0.1) is 13.5 Å². The van der Waals surface area contributed by atoms with Crippen LogP contribution in [0.25, 0.3) is 0 Å². The van der Waals surface area contributed by atoms with Gasteiger partial charge in [-0.3, -0.25) is 14.4 Å². The fourth-order valence-electron chi connectivity index (χ4n) is 3.25. The van der Waals surface area contributed by atoms with Crippen LogP contribution in [0.15, 0.2) is 30.3 Å². The van der Waals surface area contributed by atoms with Crippen LogP contribution in [0.5, 0.6) is 0 Å². The van der Waals surface area contributed by atoms with Crippen LogP contribution in [0.2, 0.25) is 0 Å². The Kier molecular flexibility index (Phi) is 6.51. The van der Waals surface area contributed by atoms with E-state index in [2.05, 4.69) is 9.47 Å². The number of ether oxygens (including phenoxy) is 4. The second kappa shape index (κ2) is 8.29. The standard InChI is InChI=1S/C20H21F3O8/c1-17(2)14(25)18(31-15(17)26,10-13(24)28-3)11-30-16(27)19(29-4,20(21,22)23)12-8-6-5-7-9-12/h5-9H,10-11H2,1-4H3/t18-,19+/m1/s1. The molecule has 0 N–H and O–H groups in total. The number of Topliss-reactive ketones (excluding diaryl/α,β-unsaturated/α-hetero) is 1. The topological polar surface area (TPSA) is 105 Å². The van der Waals surface area contributed by atoms with E-state index in [-0.39, 0.29) is 0 Å². The van der Waals surface area contributed by atoms with Crippen molar-refractivity contribution in [3.05, 3.63) is 35.9 Å². The van der Waals surface area contributed by atoms with E-state index < -0.39 is 65.1 Å². The van der Waals surface area contributed by atoms with Gasteiger partial charge < -0.3 is 18.9 Å². The van der Waals surface area contributed by atoms with Gasteiger partial charge in [-0.05, 0) is 13.8 Å². The van der Waals surface area contributed by atoms with Crippen molar-refractivity contribution in [2.24, 2.45) is 5.41 Å². The molecule has 0 amide bonds. The fraction of sp³-hybridized carbons (Fsp3) is 0.500. The molecule has 1 saturated heterocycles. The summed E-state index contributed by atoms with van der Waals surface area (Å²) in [6.45, 7) is 1.30. The summed E-state index contributed by atoms with van der Waals surface area (Å²) >= 11 is 0. The molecule has 0 unspecified atom stereocenters. The van der Waals surface area contributed by atoms with Crippen LogP contribution in [0.1, 0.15) is 25.8 Å². The van der Waals surface area contributed by atoms with E-state index in [1.165, 1.54) is 32.0 Å². The van der Waals surface area contributed by atoms with Crippen LogP contribution < -0.4 is 0 Å². The van der Waals surface area contributed by atoms with E-state index in [4.69, 9.17) is 9.47 Å². The minimum Gasteiger partial charge on any atom is -0.469 e. The summed E-state index contributed by atoms with van der Waals surface area (Å²) in [4.78, 5) is 49.5. The summed E-state index contributed by atoms with van der Waals surface area (Å²) in [7, 11) is 1.68. The SMILES string of the molecule is COC(=O)C[C@]1(COC(=O)[C@@](OC)(c2ccccc2)C(F)(F)F)OC(=O)C(C)(C)C1=O. The van der Waals surface area contributed by atoms with Gasteiger partial charge in [0, 0.05) is 12.7 Å². The molecule has 1 fully saturated rings. The molecule has 0 radical (unpaired) electrons. The minimum absolute atomic E-state index is 0.563. The van der Waals surface area contributed by atoms with Crippen molar-refractivity contribution in [2.75, 3.05) is 20.8 Å². The van der Waals surface area contributed by atoms with Gasteiger partial charge in [-0.2, -0.15) is 13.2 Å². The summed E-state index contributed by atoms with van der Waals surface area (Å²) < 4.78 is 60.9. The highest BCUT2D eigenvalue weighted by atomic mass is 19.4. The third-order valence-electron chi connectivity index (χ3n) is 5.05. The van der Waals surface area contributed by atoms with Crippen LogP contribution in [0.4, 0.5) is 13.2 Å². The lowest BCUT2D eigenvalue weighted by atomic mass is 9.81. The first-order valence-corrected chi connectivity index (χ1v) is 8.98. The minimum atomic E-state index is -5.24. The molecule has 2 rings (SSSR count). The molecular weight excluding hydrogens is 425 g/mol. The van der Waals surface area contributed by atoms with Crippen molar-refractivity contribution >= 4 is 23.7 Å². The number of carbonyl (C=O) groups is 4. The Labute approximate surface area is 175 Å². The molecular formula is C20H21F3O8. The highest BCUT2D eigenvalue weighted by Gasteiger charge is 2.66. The molecule has 2 atom stereocenters. The molecule has 1 aromatic carbocycles. The van der Waals surface area contributed by atoms with Crippen molar-refractivity contribution in [1.82, 2.24) is 0 Å². The predicted octanol–water partition coefficient (Wildman–Crippen LogP) is 2.09. The van der Waals surface area contributed by atoms with Crippen molar-refractivity contribution in [2.45, 2.75) is 37.6 Å². The molecule has 1 aromatic rings. The third-order valence-corrected chi connectivity index (χ3v) is 5.05. The maximum atomic E-state index is 14.0. The number of hydrogen-bond acceptors (Lipinski definition) is 8. The zero-order chi connectivity index (χ0) is 23.7. The van der Waals surface area contributed by atoms with E-state index in [1.807, 2.05) is 0 Å². The maximum absolute atomic E-state index is 14.0. The molecule has 0 spiro atoms. The lowest BCUT2D eigenvalue weighted by Gasteiger charge is -2.33. The first kappa shape index (κ1) is 24.3. The fourth-order valence-corrected chi connectivity index (χ4v) is 3.25. The number of methoxy groups -OCH3 is 2. The number of hydrogen-bond donors (Lipinski definition) is 0. The van der Waals surface area contributed by atoms with Crippen molar-refractivity contribution in [3.8, 4) is 0 Å². The van der Waals surface area contributed by atoms with Crippen LogP contribution in [-0.4, -0.2) is 56.3 Å². The lowest BCUT2D eigenvalue weighted by molar-refractivity contribution is -0.277. The molecule has 0 saturated carbocycles. The van der Waals surface area contributed by atoms with Gasteiger partial charge in [0.1, 0.15) is 12.0 Å². The molecule has 0 aromatic heterocycles. The van der Waals surface area contributed by atoms with Gasteiger partial charge in [-0.15, -0.1) is 0 Å². The molecule has 1 aliphatic rings. The number of ketones is 1. The largest absolute Gasteiger partial charge is 0.469 e. The molecule has 0 bridgehead atoms. The van der Waals surface area contributed by atoms with Gasteiger partial charge >= 0.3 is 24.1 Å². The van der Waals surface area contributed by atoms with Crippen LogP contribution >= 0.6 is 0 Å². The molecule has 31 heavy (non-hydrogen) atoms. The van der Waals surface area contributed by atoms with Gasteiger partial charge in [0.25, 0.3) is 5.60 Å². The summed E-state index contributed by atoms with van der Waals surface area (Å²) in [5.41, 5.74) is -8.11. The Morgan fingerprint density at radius 1 is 1.06 bits per heavy atom.